The molecule has 0 nitrogen and oxygen atoms in total. The van der Waals surface area contributed by atoms with Gasteiger partial charge in [-0.05, 0) is 65.9 Å². The summed E-state index contributed by atoms with van der Waals surface area (Å²) in [7, 11) is 2.89. The van der Waals surface area contributed by atoms with Crippen molar-refractivity contribution in [2.45, 2.75) is 26.7 Å². The Morgan fingerprint density at radius 2 is 1.44 bits per heavy atom. The molecular formula is C24H25P. The van der Waals surface area contributed by atoms with Gasteiger partial charge in [0.2, 0.25) is 0 Å². The van der Waals surface area contributed by atoms with E-state index in [9.17, 15) is 0 Å². The Kier molecular flexibility index (Phi) is 5.84. The van der Waals surface area contributed by atoms with Crippen LogP contribution in [-0.2, 0) is 6.42 Å². The summed E-state index contributed by atoms with van der Waals surface area (Å²) in [5.41, 5.74) is 7.76. The van der Waals surface area contributed by atoms with E-state index in [1.165, 1.54) is 38.7 Å². The van der Waals surface area contributed by atoms with Crippen molar-refractivity contribution >= 4 is 14.5 Å². The molecule has 0 aliphatic rings. The van der Waals surface area contributed by atoms with Gasteiger partial charge in [-0.1, -0.05) is 78.4 Å². The predicted octanol–water partition coefficient (Wildman–Crippen LogP) is 6.34. The molecule has 0 saturated carbocycles. The summed E-state index contributed by atoms with van der Waals surface area (Å²) in [6.45, 7) is 4.19. The fraction of sp³-hybridized carbons (Fsp3) is 0.167. The van der Waals surface area contributed by atoms with Gasteiger partial charge in [0.1, 0.15) is 0 Å². The minimum Gasteiger partial charge on any atom is -0.105 e. The average Bonchev–Trinajstić information content (AvgIpc) is 2.63. The zero-order chi connectivity index (χ0) is 17.6. The van der Waals surface area contributed by atoms with Gasteiger partial charge in [0, 0.05) is 0 Å². The highest BCUT2D eigenvalue weighted by molar-refractivity contribution is 7.28. The summed E-state index contributed by atoms with van der Waals surface area (Å²) in [5, 5.41) is 1.23. The highest BCUT2D eigenvalue weighted by atomic mass is 31.0. The lowest BCUT2D eigenvalue weighted by molar-refractivity contribution is 1.000. The van der Waals surface area contributed by atoms with Crippen molar-refractivity contribution in [3.8, 4) is 22.3 Å². The molecule has 0 radical (unpaired) electrons. The molecule has 0 heterocycles. The molecule has 0 aliphatic carbocycles. The maximum absolute atomic E-state index is 2.89. The molecule has 3 aromatic carbocycles. The van der Waals surface area contributed by atoms with Crippen molar-refractivity contribution in [2.24, 2.45) is 0 Å². The first-order chi connectivity index (χ1) is 12.2. The summed E-state index contributed by atoms with van der Waals surface area (Å²) in [5.74, 6) is 0. The van der Waals surface area contributed by atoms with Crippen LogP contribution in [-0.4, -0.2) is 0 Å². The van der Waals surface area contributed by atoms with Gasteiger partial charge in [-0.15, -0.1) is 9.24 Å². The van der Waals surface area contributed by atoms with E-state index >= 15 is 0 Å². The quantitative estimate of drug-likeness (QED) is 0.374. The number of hydrogen-bond acceptors (Lipinski definition) is 0. The highest BCUT2D eigenvalue weighted by Gasteiger charge is 2.05. The second-order valence-electron chi connectivity index (χ2n) is 6.47. The van der Waals surface area contributed by atoms with Crippen LogP contribution in [0.25, 0.3) is 22.3 Å². The van der Waals surface area contributed by atoms with E-state index in [0.717, 1.165) is 12.8 Å². The minimum absolute atomic E-state index is 1.10. The molecule has 0 spiro atoms. The zero-order valence-electron chi connectivity index (χ0n) is 15.0. The van der Waals surface area contributed by atoms with Gasteiger partial charge < -0.3 is 0 Å². The lowest BCUT2D eigenvalue weighted by Gasteiger charge is -2.10. The zero-order valence-corrected chi connectivity index (χ0v) is 16.2. The molecule has 1 atom stereocenters. The Balaban J connectivity index is 1.81. The molecule has 0 saturated heterocycles. The monoisotopic (exact) mass is 344 g/mol. The fourth-order valence-corrected chi connectivity index (χ4v) is 3.46. The number of hydrogen-bond donors (Lipinski definition) is 0. The largest absolute Gasteiger partial charge is 0.105 e. The standard InChI is InChI=1S/C24H25P/c1-3-4-5-6-19-9-13-20(14-10-19)22-15-16-23(24(25)17-22)21-11-7-18(2)8-12-21/h3-4,7-17H,5-6,25H2,1-2H3/b4-3+. The summed E-state index contributed by atoms with van der Waals surface area (Å²) in [6.07, 6.45) is 6.55. The molecule has 25 heavy (non-hydrogen) atoms. The second-order valence-corrected chi connectivity index (χ2v) is 7.09. The molecule has 0 fully saturated rings. The highest BCUT2D eigenvalue weighted by Crippen LogP contribution is 2.25. The third-order valence-electron chi connectivity index (χ3n) is 4.54. The van der Waals surface area contributed by atoms with Crippen LogP contribution >= 0.6 is 9.24 Å². The average molecular weight is 344 g/mol. The van der Waals surface area contributed by atoms with Gasteiger partial charge in [-0.25, -0.2) is 0 Å². The third-order valence-corrected chi connectivity index (χ3v) is 5.01. The predicted molar refractivity (Wildman–Crippen MR) is 115 cm³/mol. The summed E-state index contributed by atoms with van der Waals surface area (Å²) in [6, 6.07) is 24.4. The van der Waals surface area contributed by atoms with Gasteiger partial charge >= 0.3 is 0 Å². The molecule has 1 unspecified atom stereocenters. The number of rotatable bonds is 5. The first kappa shape index (κ1) is 17.6. The van der Waals surface area contributed by atoms with Crippen LogP contribution in [0, 0.1) is 6.92 Å². The molecule has 1 heteroatoms. The minimum atomic E-state index is 1.10. The first-order valence-electron chi connectivity index (χ1n) is 8.84. The maximum Gasteiger partial charge on any atom is -0.0112 e. The molecular weight excluding hydrogens is 319 g/mol. The van der Waals surface area contributed by atoms with Crippen LogP contribution in [0.2, 0.25) is 0 Å². The van der Waals surface area contributed by atoms with Crippen molar-refractivity contribution in [3.63, 3.8) is 0 Å². The van der Waals surface area contributed by atoms with Gasteiger partial charge in [0.25, 0.3) is 0 Å². The van der Waals surface area contributed by atoms with Crippen LogP contribution < -0.4 is 5.30 Å². The van der Waals surface area contributed by atoms with E-state index in [4.69, 9.17) is 0 Å². The van der Waals surface area contributed by atoms with Crippen LogP contribution in [0.4, 0.5) is 0 Å². The Morgan fingerprint density at radius 3 is 2.08 bits per heavy atom. The molecule has 126 valence electrons. The Bertz CT molecular complexity index is 856. The Hall–Kier alpha value is -2.17. The smallest absolute Gasteiger partial charge is 0.0112 e. The Morgan fingerprint density at radius 1 is 0.800 bits per heavy atom. The lowest BCUT2D eigenvalue weighted by atomic mass is 9.98. The van der Waals surface area contributed by atoms with Gasteiger partial charge in [0.05, 0.1) is 0 Å². The van der Waals surface area contributed by atoms with Crippen LogP contribution in [0.1, 0.15) is 24.5 Å². The molecule has 0 amide bonds. The van der Waals surface area contributed by atoms with Crippen molar-refractivity contribution in [2.75, 3.05) is 0 Å². The number of aryl methyl sites for hydroxylation is 2. The van der Waals surface area contributed by atoms with E-state index in [2.05, 4.69) is 102 Å². The fourth-order valence-electron chi connectivity index (χ4n) is 3.02. The Labute approximate surface area is 153 Å². The van der Waals surface area contributed by atoms with E-state index < -0.39 is 0 Å². The molecule has 0 aliphatic heterocycles. The van der Waals surface area contributed by atoms with Gasteiger partial charge in [-0.2, -0.15) is 0 Å². The third kappa shape index (κ3) is 4.47. The SMILES string of the molecule is C/C=C/CCc1ccc(-c2ccc(-c3ccc(C)cc3)c(P)c2)cc1. The molecule has 3 rings (SSSR count). The van der Waals surface area contributed by atoms with Gasteiger partial charge in [-0.3, -0.25) is 0 Å². The molecule has 3 aromatic rings. The molecule has 0 aromatic heterocycles. The normalized spacial score (nSPS) is 11.2. The molecule has 0 N–H and O–H groups in total. The number of allylic oxidation sites excluding steroid dienone is 2. The maximum atomic E-state index is 2.89. The lowest BCUT2D eigenvalue weighted by Crippen LogP contribution is -1.97. The van der Waals surface area contributed by atoms with Gasteiger partial charge in [0.15, 0.2) is 0 Å². The second kappa shape index (κ2) is 8.28. The summed E-state index contributed by atoms with van der Waals surface area (Å²) in [4.78, 5) is 0. The van der Waals surface area contributed by atoms with E-state index in [1.807, 2.05) is 0 Å². The first-order valence-corrected chi connectivity index (χ1v) is 9.42. The van der Waals surface area contributed by atoms with Crippen LogP contribution in [0.3, 0.4) is 0 Å². The van der Waals surface area contributed by atoms with E-state index in [-0.39, 0.29) is 0 Å². The summed E-state index contributed by atoms with van der Waals surface area (Å²) >= 11 is 0. The van der Waals surface area contributed by atoms with Crippen molar-refractivity contribution in [3.05, 3.63) is 90.0 Å². The van der Waals surface area contributed by atoms with Crippen LogP contribution in [0.15, 0.2) is 78.9 Å². The van der Waals surface area contributed by atoms with E-state index in [0.29, 0.717) is 0 Å². The van der Waals surface area contributed by atoms with E-state index in [1.54, 1.807) is 0 Å². The summed E-state index contributed by atoms with van der Waals surface area (Å²) < 4.78 is 0. The molecule has 0 bridgehead atoms. The van der Waals surface area contributed by atoms with Crippen molar-refractivity contribution < 1.29 is 0 Å². The number of benzene rings is 3. The van der Waals surface area contributed by atoms with Crippen molar-refractivity contribution in [1.82, 2.24) is 0 Å². The van der Waals surface area contributed by atoms with Crippen LogP contribution in [0.5, 0.6) is 0 Å². The van der Waals surface area contributed by atoms with Crippen molar-refractivity contribution in [1.29, 1.82) is 0 Å². The topological polar surface area (TPSA) is 0 Å².